The van der Waals surface area contributed by atoms with Crippen molar-refractivity contribution in [3.8, 4) is 0 Å². The van der Waals surface area contributed by atoms with E-state index in [1.807, 2.05) is 13.8 Å². The third-order valence-electron chi connectivity index (χ3n) is 3.88. The molecule has 0 aliphatic rings. The Hall–Kier alpha value is -2.09. The van der Waals surface area contributed by atoms with E-state index < -0.39 is 10.0 Å². The predicted molar refractivity (Wildman–Crippen MR) is 107 cm³/mol. The summed E-state index contributed by atoms with van der Waals surface area (Å²) in [6, 6.07) is 11.1. The van der Waals surface area contributed by atoms with Crippen molar-refractivity contribution in [3.63, 3.8) is 0 Å². The number of nitrogens with one attached hydrogen (secondary N) is 2. The number of hydrogen-bond donors (Lipinski definition) is 3. The number of aryl methyl sites for hydroxylation is 1. The molecule has 4 N–H and O–H groups in total. The fraction of sp³-hybridized carbons (Fsp3) is 0.278. The molecule has 2 aromatic rings. The number of amides is 1. The molecule has 0 fully saturated rings. The number of nitrogen functional groups attached to an aromatic ring is 1. The number of benzene rings is 2. The Balaban J connectivity index is 0.00000338. The topological polar surface area (TPSA) is 101 Å². The zero-order valence-corrected chi connectivity index (χ0v) is 16.6. The number of carbonyl (C=O) groups excluding carboxylic acids is 1. The summed E-state index contributed by atoms with van der Waals surface area (Å²) in [5.74, 6) is -0.339. The quantitative estimate of drug-likeness (QED) is 0.650. The Morgan fingerprint density at radius 2 is 1.88 bits per heavy atom. The summed E-state index contributed by atoms with van der Waals surface area (Å²) in [5, 5.41) is 2.72. The van der Waals surface area contributed by atoms with Gasteiger partial charge in [0.1, 0.15) is 0 Å². The summed E-state index contributed by atoms with van der Waals surface area (Å²) in [6.07, 6.45) is 0.685. The number of anilines is 2. The second-order valence-electron chi connectivity index (χ2n) is 5.99. The zero-order valence-electron chi connectivity index (χ0n) is 14.9. The van der Waals surface area contributed by atoms with Crippen LogP contribution < -0.4 is 15.8 Å². The zero-order chi connectivity index (χ0) is 18.6. The monoisotopic (exact) mass is 397 g/mol. The van der Waals surface area contributed by atoms with Crippen molar-refractivity contribution in [1.82, 2.24) is 4.72 Å². The summed E-state index contributed by atoms with van der Waals surface area (Å²) in [4.78, 5) is 12.5. The lowest BCUT2D eigenvalue weighted by atomic mass is 10.1. The Kier molecular flexibility index (Phi) is 7.62. The van der Waals surface area contributed by atoms with Gasteiger partial charge in [-0.2, -0.15) is 0 Å². The van der Waals surface area contributed by atoms with Crippen LogP contribution in [0.2, 0.25) is 0 Å². The molecule has 8 heteroatoms. The molecule has 0 bridgehead atoms. The molecule has 0 aliphatic heterocycles. The third-order valence-corrected chi connectivity index (χ3v) is 5.46. The summed E-state index contributed by atoms with van der Waals surface area (Å²) in [7, 11) is -3.63. The Morgan fingerprint density at radius 3 is 2.54 bits per heavy atom. The minimum absolute atomic E-state index is 0. The standard InChI is InChI=1S/C18H23N3O3S.ClH/c1-4-13(3)21-25(23,24)16-7-5-6-15(11-16)20-18(22)17-10-14(19)9-8-12(17)2;/h5-11,13,21H,4,19H2,1-3H3,(H,20,22);1H. The molecule has 0 saturated carbocycles. The van der Waals surface area contributed by atoms with Gasteiger partial charge in [-0.15, -0.1) is 12.4 Å². The van der Waals surface area contributed by atoms with Gasteiger partial charge in [0, 0.05) is 23.0 Å². The number of rotatable bonds is 6. The average molecular weight is 398 g/mol. The summed E-state index contributed by atoms with van der Waals surface area (Å²) < 4.78 is 27.3. The van der Waals surface area contributed by atoms with E-state index in [2.05, 4.69) is 10.0 Å². The van der Waals surface area contributed by atoms with Crippen molar-refractivity contribution in [1.29, 1.82) is 0 Å². The highest BCUT2D eigenvalue weighted by Gasteiger charge is 2.17. The molecule has 1 unspecified atom stereocenters. The molecule has 2 aromatic carbocycles. The smallest absolute Gasteiger partial charge is 0.256 e. The van der Waals surface area contributed by atoms with Crippen LogP contribution in [-0.4, -0.2) is 20.4 Å². The number of hydrogen-bond acceptors (Lipinski definition) is 4. The molecule has 0 spiro atoms. The van der Waals surface area contributed by atoms with Crippen LogP contribution in [0.3, 0.4) is 0 Å². The van der Waals surface area contributed by atoms with E-state index in [1.54, 1.807) is 37.3 Å². The van der Waals surface area contributed by atoms with E-state index >= 15 is 0 Å². The maximum atomic E-state index is 12.4. The van der Waals surface area contributed by atoms with E-state index in [1.165, 1.54) is 12.1 Å². The van der Waals surface area contributed by atoms with Crippen LogP contribution in [0.1, 0.15) is 36.2 Å². The molecule has 0 aliphatic carbocycles. The number of halogens is 1. The van der Waals surface area contributed by atoms with E-state index in [4.69, 9.17) is 5.73 Å². The van der Waals surface area contributed by atoms with Crippen molar-refractivity contribution < 1.29 is 13.2 Å². The van der Waals surface area contributed by atoms with Crippen LogP contribution in [0.15, 0.2) is 47.4 Å². The highest BCUT2D eigenvalue weighted by Crippen LogP contribution is 2.19. The minimum atomic E-state index is -3.63. The van der Waals surface area contributed by atoms with Crippen LogP contribution >= 0.6 is 12.4 Å². The van der Waals surface area contributed by atoms with E-state index in [-0.39, 0.29) is 29.3 Å². The van der Waals surface area contributed by atoms with Gasteiger partial charge >= 0.3 is 0 Å². The van der Waals surface area contributed by atoms with Gasteiger partial charge in [-0.1, -0.05) is 19.1 Å². The number of carbonyl (C=O) groups is 1. The van der Waals surface area contributed by atoms with E-state index in [0.717, 1.165) is 5.56 Å². The Morgan fingerprint density at radius 1 is 1.19 bits per heavy atom. The molecular weight excluding hydrogens is 374 g/mol. The largest absolute Gasteiger partial charge is 0.399 e. The van der Waals surface area contributed by atoms with Gasteiger partial charge in [-0.3, -0.25) is 4.79 Å². The molecule has 142 valence electrons. The molecule has 6 nitrogen and oxygen atoms in total. The lowest BCUT2D eigenvalue weighted by Crippen LogP contribution is -2.32. The second kappa shape index (κ2) is 9.02. The maximum absolute atomic E-state index is 12.4. The normalized spacial score (nSPS) is 12.1. The van der Waals surface area contributed by atoms with Crippen molar-refractivity contribution in [3.05, 3.63) is 53.6 Å². The molecule has 1 atom stereocenters. The van der Waals surface area contributed by atoms with E-state index in [9.17, 15) is 13.2 Å². The average Bonchev–Trinajstić information content (AvgIpc) is 2.56. The molecule has 0 heterocycles. The Bertz CT molecular complexity index is 885. The molecule has 0 aromatic heterocycles. The van der Waals surface area contributed by atoms with Crippen LogP contribution in [0, 0.1) is 6.92 Å². The van der Waals surface area contributed by atoms with Gasteiger partial charge in [0.15, 0.2) is 0 Å². The first-order valence-electron chi connectivity index (χ1n) is 8.03. The number of sulfonamides is 1. The van der Waals surface area contributed by atoms with Gasteiger partial charge in [-0.25, -0.2) is 13.1 Å². The summed E-state index contributed by atoms with van der Waals surface area (Å²) in [5.41, 5.74) is 7.86. The predicted octanol–water partition coefficient (Wildman–Crippen LogP) is 3.33. The summed E-state index contributed by atoms with van der Waals surface area (Å²) in [6.45, 7) is 5.51. The van der Waals surface area contributed by atoms with Crippen LogP contribution in [0.5, 0.6) is 0 Å². The number of nitrogens with two attached hydrogens (primary N) is 1. The second-order valence-corrected chi connectivity index (χ2v) is 7.70. The molecule has 1 amide bonds. The minimum Gasteiger partial charge on any atom is -0.399 e. The fourth-order valence-corrected chi connectivity index (χ4v) is 3.61. The van der Waals surface area contributed by atoms with Gasteiger partial charge in [0.2, 0.25) is 10.0 Å². The summed E-state index contributed by atoms with van der Waals surface area (Å²) >= 11 is 0. The molecular formula is C18H24ClN3O3S. The van der Waals surface area contributed by atoms with Gasteiger partial charge in [-0.05, 0) is 56.2 Å². The van der Waals surface area contributed by atoms with Crippen molar-refractivity contribution in [2.75, 3.05) is 11.1 Å². The van der Waals surface area contributed by atoms with Crippen molar-refractivity contribution in [2.24, 2.45) is 0 Å². The first-order chi connectivity index (χ1) is 11.7. The van der Waals surface area contributed by atoms with Crippen molar-refractivity contribution in [2.45, 2.75) is 38.1 Å². The molecule has 2 rings (SSSR count). The highest BCUT2D eigenvalue weighted by atomic mass is 35.5. The van der Waals surface area contributed by atoms with Gasteiger partial charge in [0.25, 0.3) is 5.91 Å². The molecule has 26 heavy (non-hydrogen) atoms. The van der Waals surface area contributed by atoms with Gasteiger partial charge < -0.3 is 11.1 Å². The lowest BCUT2D eigenvalue weighted by molar-refractivity contribution is 0.102. The van der Waals surface area contributed by atoms with Crippen LogP contribution in [0.25, 0.3) is 0 Å². The third kappa shape index (κ3) is 5.45. The maximum Gasteiger partial charge on any atom is 0.256 e. The lowest BCUT2D eigenvalue weighted by Gasteiger charge is -2.13. The SMILES string of the molecule is CCC(C)NS(=O)(=O)c1cccc(NC(=O)c2cc(N)ccc2C)c1.Cl. The Labute approximate surface area is 160 Å². The molecule has 0 radical (unpaired) electrons. The van der Waals surface area contributed by atoms with Crippen LogP contribution in [0.4, 0.5) is 11.4 Å². The first-order valence-corrected chi connectivity index (χ1v) is 9.51. The van der Waals surface area contributed by atoms with Crippen molar-refractivity contribution >= 4 is 39.7 Å². The van der Waals surface area contributed by atoms with Crippen LogP contribution in [-0.2, 0) is 10.0 Å². The highest BCUT2D eigenvalue weighted by molar-refractivity contribution is 7.89. The molecule has 0 saturated heterocycles. The fourth-order valence-electron chi connectivity index (χ4n) is 2.24. The van der Waals surface area contributed by atoms with E-state index in [0.29, 0.717) is 23.4 Å². The van der Waals surface area contributed by atoms with Gasteiger partial charge in [0.05, 0.1) is 4.90 Å². The first kappa shape index (κ1) is 22.0.